The van der Waals surface area contributed by atoms with Crippen LogP contribution in [0.2, 0.25) is 0 Å². The van der Waals surface area contributed by atoms with Crippen molar-refractivity contribution in [2.75, 3.05) is 13.1 Å². The number of unbranched alkanes of at least 4 members (excludes halogenated alkanes) is 1. The zero-order valence-corrected chi connectivity index (χ0v) is 10.4. The molecule has 3 N–H and O–H groups in total. The molecule has 0 spiro atoms. The van der Waals surface area contributed by atoms with Gasteiger partial charge in [0.2, 0.25) is 0 Å². The van der Waals surface area contributed by atoms with Gasteiger partial charge in [-0.05, 0) is 31.0 Å². The van der Waals surface area contributed by atoms with Crippen molar-refractivity contribution in [3.8, 4) is 0 Å². The van der Waals surface area contributed by atoms with Gasteiger partial charge in [0.1, 0.15) is 0 Å². The molecule has 0 fully saturated rings. The first kappa shape index (κ1) is 13.2. The Balaban J connectivity index is 2.33. The summed E-state index contributed by atoms with van der Waals surface area (Å²) in [4.78, 5) is 0. The van der Waals surface area contributed by atoms with Crippen LogP contribution in [-0.2, 0) is 0 Å². The average molecular weight is 220 g/mol. The number of nitrogens with one attached hydrogen (secondary N) is 1. The number of hydrogen-bond acceptors (Lipinski definition) is 2. The number of benzene rings is 1. The largest absolute Gasteiger partial charge is 0.324 e. The van der Waals surface area contributed by atoms with Crippen LogP contribution in [0.15, 0.2) is 30.3 Å². The van der Waals surface area contributed by atoms with Crippen molar-refractivity contribution in [1.82, 2.24) is 5.32 Å². The summed E-state index contributed by atoms with van der Waals surface area (Å²) in [5, 5.41) is 3.46. The molecule has 0 bridgehead atoms. The molecule has 0 saturated carbocycles. The minimum atomic E-state index is 0.135. The van der Waals surface area contributed by atoms with Crippen LogP contribution in [0.1, 0.15) is 38.3 Å². The monoisotopic (exact) mass is 220 g/mol. The lowest BCUT2D eigenvalue weighted by molar-refractivity contribution is 0.432. The fraction of sp³-hybridized carbons (Fsp3) is 0.571. The van der Waals surface area contributed by atoms with Gasteiger partial charge in [-0.15, -0.1) is 0 Å². The van der Waals surface area contributed by atoms with Crippen LogP contribution >= 0.6 is 0 Å². The van der Waals surface area contributed by atoms with Crippen molar-refractivity contribution >= 4 is 0 Å². The van der Waals surface area contributed by atoms with Crippen molar-refractivity contribution in [1.29, 1.82) is 0 Å². The Hall–Kier alpha value is -0.860. The molecular formula is C14H24N2. The minimum Gasteiger partial charge on any atom is -0.324 e. The summed E-state index contributed by atoms with van der Waals surface area (Å²) in [6.45, 7) is 6.51. The van der Waals surface area contributed by atoms with Crippen LogP contribution in [-0.4, -0.2) is 13.1 Å². The summed E-state index contributed by atoms with van der Waals surface area (Å²) >= 11 is 0. The predicted octanol–water partition coefficient (Wildman–Crippen LogP) is 2.71. The van der Waals surface area contributed by atoms with E-state index in [4.69, 9.17) is 5.73 Å². The molecular weight excluding hydrogens is 196 g/mol. The van der Waals surface area contributed by atoms with Crippen LogP contribution in [0.3, 0.4) is 0 Å². The van der Waals surface area contributed by atoms with Gasteiger partial charge in [-0.25, -0.2) is 0 Å². The lowest BCUT2D eigenvalue weighted by Crippen LogP contribution is -2.30. The van der Waals surface area contributed by atoms with E-state index in [1.807, 2.05) is 18.2 Å². The van der Waals surface area contributed by atoms with Crippen molar-refractivity contribution < 1.29 is 0 Å². The van der Waals surface area contributed by atoms with E-state index in [1.54, 1.807) is 0 Å². The second-order valence-electron chi connectivity index (χ2n) is 4.47. The molecule has 2 heteroatoms. The molecule has 2 unspecified atom stereocenters. The van der Waals surface area contributed by atoms with Crippen LogP contribution in [0, 0.1) is 5.92 Å². The second-order valence-corrected chi connectivity index (χ2v) is 4.47. The summed E-state index contributed by atoms with van der Waals surface area (Å²) < 4.78 is 0. The fourth-order valence-corrected chi connectivity index (χ4v) is 1.76. The minimum absolute atomic E-state index is 0.135. The van der Waals surface area contributed by atoms with Gasteiger partial charge in [0.05, 0.1) is 0 Å². The van der Waals surface area contributed by atoms with E-state index >= 15 is 0 Å². The third kappa shape index (κ3) is 4.33. The van der Waals surface area contributed by atoms with E-state index in [1.165, 1.54) is 18.4 Å². The maximum atomic E-state index is 6.21. The lowest BCUT2D eigenvalue weighted by atomic mass is 9.95. The normalized spacial score (nSPS) is 14.7. The molecule has 0 aliphatic heterocycles. The second kappa shape index (κ2) is 7.42. The third-order valence-corrected chi connectivity index (χ3v) is 2.97. The summed E-state index contributed by atoms with van der Waals surface area (Å²) in [7, 11) is 0. The average Bonchev–Trinajstić information content (AvgIpc) is 2.34. The zero-order valence-electron chi connectivity index (χ0n) is 10.4. The Kier molecular flexibility index (Phi) is 6.12. The first-order valence-electron chi connectivity index (χ1n) is 6.27. The molecule has 0 aromatic heterocycles. The van der Waals surface area contributed by atoms with E-state index in [0.29, 0.717) is 5.92 Å². The maximum absolute atomic E-state index is 6.21. The van der Waals surface area contributed by atoms with Gasteiger partial charge in [0.25, 0.3) is 0 Å². The molecule has 0 aliphatic rings. The Labute approximate surface area is 99.2 Å². The van der Waals surface area contributed by atoms with Crippen LogP contribution in [0.4, 0.5) is 0 Å². The van der Waals surface area contributed by atoms with Gasteiger partial charge in [-0.1, -0.05) is 50.6 Å². The van der Waals surface area contributed by atoms with E-state index in [9.17, 15) is 0 Å². The Bertz CT molecular complexity index is 271. The smallest absolute Gasteiger partial charge is 0.0333 e. The predicted molar refractivity (Wildman–Crippen MR) is 70.3 cm³/mol. The first-order valence-corrected chi connectivity index (χ1v) is 6.27. The van der Waals surface area contributed by atoms with Gasteiger partial charge in [-0.3, -0.25) is 0 Å². The molecule has 0 saturated heterocycles. The highest BCUT2D eigenvalue weighted by molar-refractivity contribution is 5.19. The van der Waals surface area contributed by atoms with E-state index in [-0.39, 0.29) is 6.04 Å². The first-order chi connectivity index (χ1) is 7.75. The van der Waals surface area contributed by atoms with Crippen LogP contribution in [0.25, 0.3) is 0 Å². The maximum Gasteiger partial charge on any atom is 0.0333 e. The highest BCUT2D eigenvalue weighted by atomic mass is 14.9. The van der Waals surface area contributed by atoms with Gasteiger partial charge in [0, 0.05) is 6.04 Å². The lowest BCUT2D eigenvalue weighted by Gasteiger charge is -2.20. The summed E-state index contributed by atoms with van der Waals surface area (Å²) in [5.74, 6) is 0.472. The van der Waals surface area contributed by atoms with Crippen LogP contribution in [0.5, 0.6) is 0 Å². The quantitative estimate of drug-likeness (QED) is 0.693. The number of nitrogens with two attached hydrogens (primary N) is 1. The molecule has 1 aromatic carbocycles. The molecule has 0 amide bonds. The van der Waals surface area contributed by atoms with Crippen molar-refractivity contribution in [2.24, 2.45) is 11.7 Å². The molecule has 0 radical (unpaired) electrons. The van der Waals surface area contributed by atoms with Crippen LogP contribution < -0.4 is 11.1 Å². The van der Waals surface area contributed by atoms with E-state index < -0.39 is 0 Å². The third-order valence-electron chi connectivity index (χ3n) is 2.97. The highest BCUT2D eigenvalue weighted by Crippen LogP contribution is 2.17. The standard InChI is InChI=1S/C14H24N2/c1-3-4-10-16-11-12(2)14(15)13-8-6-5-7-9-13/h5-9,12,14,16H,3-4,10-11,15H2,1-2H3. The molecule has 1 aromatic rings. The molecule has 2 atom stereocenters. The molecule has 0 heterocycles. The van der Waals surface area contributed by atoms with Crippen molar-refractivity contribution in [3.63, 3.8) is 0 Å². The van der Waals surface area contributed by atoms with Gasteiger partial charge in [0.15, 0.2) is 0 Å². The van der Waals surface area contributed by atoms with E-state index in [0.717, 1.165) is 13.1 Å². The Morgan fingerprint density at radius 3 is 2.56 bits per heavy atom. The number of rotatable bonds is 7. The molecule has 1 rings (SSSR count). The van der Waals surface area contributed by atoms with Gasteiger partial charge < -0.3 is 11.1 Å². The van der Waals surface area contributed by atoms with Gasteiger partial charge in [-0.2, -0.15) is 0 Å². The summed E-state index contributed by atoms with van der Waals surface area (Å²) in [6.07, 6.45) is 2.49. The zero-order chi connectivity index (χ0) is 11.8. The topological polar surface area (TPSA) is 38.0 Å². The summed E-state index contributed by atoms with van der Waals surface area (Å²) in [5.41, 5.74) is 7.44. The molecule has 2 nitrogen and oxygen atoms in total. The Morgan fingerprint density at radius 1 is 1.25 bits per heavy atom. The SMILES string of the molecule is CCCCNCC(C)C(N)c1ccccc1. The van der Waals surface area contributed by atoms with Gasteiger partial charge >= 0.3 is 0 Å². The number of hydrogen-bond donors (Lipinski definition) is 2. The van der Waals surface area contributed by atoms with Crippen molar-refractivity contribution in [2.45, 2.75) is 32.7 Å². The molecule has 90 valence electrons. The molecule has 16 heavy (non-hydrogen) atoms. The van der Waals surface area contributed by atoms with E-state index in [2.05, 4.69) is 31.3 Å². The molecule has 0 aliphatic carbocycles. The van der Waals surface area contributed by atoms with Crippen molar-refractivity contribution in [3.05, 3.63) is 35.9 Å². The Morgan fingerprint density at radius 2 is 1.94 bits per heavy atom. The summed E-state index contributed by atoms with van der Waals surface area (Å²) in [6, 6.07) is 10.5. The fourth-order valence-electron chi connectivity index (χ4n) is 1.76. The highest BCUT2D eigenvalue weighted by Gasteiger charge is 2.13.